The van der Waals surface area contributed by atoms with Gasteiger partial charge in [0.2, 0.25) is 5.28 Å². The lowest BCUT2D eigenvalue weighted by Gasteiger charge is -2.12. The fraction of sp³-hybridized carbons (Fsp3) is 0.154. The summed E-state index contributed by atoms with van der Waals surface area (Å²) in [6.45, 7) is 3.71. The Balaban J connectivity index is 2.32. The van der Waals surface area contributed by atoms with Gasteiger partial charge in [0.15, 0.2) is 0 Å². The van der Waals surface area contributed by atoms with Crippen LogP contribution >= 0.6 is 34.8 Å². The first kappa shape index (κ1) is 15.0. The minimum absolute atomic E-state index is 0.0767. The number of hydrogen-bond acceptors (Lipinski definition) is 3. The number of halogens is 3. The van der Waals surface area contributed by atoms with Crippen molar-refractivity contribution in [3.8, 4) is 0 Å². The van der Waals surface area contributed by atoms with Crippen molar-refractivity contribution < 1.29 is 4.79 Å². The Bertz CT molecular complexity index is 645. The molecular weight excluding hydrogens is 321 g/mol. The molecule has 0 spiro atoms. The van der Waals surface area contributed by atoms with E-state index in [1.54, 1.807) is 12.1 Å². The van der Waals surface area contributed by atoms with Crippen molar-refractivity contribution in [2.75, 3.05) is 5.32 Å². The molecule has 1 N–H and O–H groups in total. The van der Waals surface area contributed by atoms with Crippen LogP contribution in [0.5, 0.6) is 0 Å². The first-order valence-corrected chi connectivity index (χ1v) is 6.78. The molecule has 0 aliphatic heterocycles. The number of hydrogen-bond donors (Lipinski definition) is 1. The number of anilines is 1. The molecule has 104 valence electrons. The van der Waals surface area contributed by atoms with Crippen LogP contribution in [-0.2, 0) is 0 Å². The van der Waals surface area contributed by atoms with E-state index in [2.05, 4.69) is 15.3 Å². The standard InChI is InChI=1S/C13H10Cl3N3O/c1-6-3-8(14)4-7(2)11(6)19-12(20)9-5-10(15)18-13(16)17-9/h3-5H,1-2H3,(H,19,20). The molecule has 0 fully saturated rings. The highest BCUT2D eigenvalue weighted by Crippen LogP contribution is 2.25. The van der Waals surface area contributed by atoms with Crippen LogP contribution in [0, 0.1) is 13.8 Å². The topological polar surface area (TPSA) is 54.9 Å². The van der Waals surface area contributed by atoms with Crippen LogP contribution in [0.1, 0.15) is 21.6 Å². The lowest BCUT2D eigenvalue weighted by atomic mass is 10.1. The van der Waals surface area contributed by atoms with Gasteiger partial charge in [-0.2, -0.15) is 0 Å². The quantitative estimate of drug-likeness (QED) is 0.659. The number of nitrogens with zero attached hydrogens (tertiary/aromatic N) is 2. The molecule has 20 heavy (non-hydrogen) atoms. The number of benzene rings is 1. The number of nitrogens with one attached hydrogen (secondary N) is 1. The Morgan fingerprint density at radius 1 is 1.05 bits per heavy atom. The number of aromatic nitrogens is 2. The van der Waals surface area contributed by atoms with Gasteiger partial charge in [0, 0.05) is 16.8 Å². The van der Waals surface area contributed by atoms with E-state index in [9.17, 15) is 4.79 Å². The van der Waals surface area contributed by atoms with Crippen molar-refractivity contribution in [2.45, 2.75) is 13.8 Å². The second kappa shape index (κ2) is 5.95. The molecule has 0 radical (unpaired) electrons. The van der Waals surface area contributed by atoms with E-state index in [1.165, 1.54) is 6.07 Å². The van der Waals surface area contributed by atoms with Crippen LogP contribution in [0.2, 0.25) is 15.5 Å². The highest BCUT2D eigenvalue weighted by molar-refractivity contribution is 6.32. The van der Waals surface area contributed by atoms with Gasteiger partial charge in [-0.3, -0.25) is 4.79 Å². The van der Waals surface area contributed by atoms with E-state index >= 15 is 0 Å². The van der Waals surface area contributed by atoms with Gasteiger partial charge in [-0.05, 0) is 48.7 Å². The van der Waals surface area contributed by atoms with Crippen molar-refractivity contribution in [1.29, 1.82) is 0 Å². The van der Waals surface area contributed by atoms with E-state index < -0.39 is 5.91 Å². The number of carbonyl (C=O) groups is 1. The molecule has 0 atom stereocenters. The molecule has 0 aliphatic rings. The van der Waals surface area contributed by atoms with E-state index in [4.69, 9.17) is 34.8 Å². The molecule has 4 nitrogen and oxygen atoms in total. The smallest absolute Gasteiger partial charge is 0.274 e. The lowest BCUT2D eigenvalue weighted by Crippen LogP contribution is -2.15. The largest absolute Gasteiger partial charge is 0.320 e. The molecule has 1 aromatic carbocycles. The van der Waals surface area contributed by atoms with Crippen molar-refractivity contribution >= 4 is 46.4 Å². The summed E-state index contributed by atoms with van der Waals surface area (Å²) >= 11 is 17.4. The monoisotopic (exact) mass is 329 g/mol. The predicted octanol–water partition coefficient (Wildman–Crippen LogP) is 4.31. The minimum Gasteiger partial charge on any atom is -0.320 e. The first-order chi connectivity index (χ1) is 9.36. The average Bonchev–Trinajstić information content (AvgIpc) is 2.32. The molecule has 0 unspecified atom stereocenters. The van der Waals surface area contributed by atoms with Gasteiger partial charge in [-0.25, -0.2) is 9.97 Å². The third-order valence-electron chi connectivity index (χ3n) is 2.64. The highest BCUT2D eigenvalue weighted by atomic mass is 35.5. The molecule has 1 aromatic heterocycles. The summed E-state index contributed by atoms with van der Waals surface area (Å²) < 4.78 is 0. The SMILES string of the molecule is Cc1cc(Cl)cc(C)c1NC(=O)c1cc(Cl)nc(Cl)n1. The van der Waals surface area contributed by atoms with E-state index in [1.807, 2.05) is 13.8 Å². The summed E-state index contributed by atoms with van der Waals surface area (Å²) in [5, 5.41) is 3.42. The number of rotatable bonds is 2. The first-order valence-electron chi connectivity index (χ1n) is 5.65. The van der Waals surface area contributed by atoms with Gasteiger partial charge in [0.1, 0.15) is 10.8 Å². The Morgan fingerprint density at radius 3 is 2.20 bits per heavy atom. The van der Waals surface area contributed by atoms with Crippen LogP contribution in [0.4, 0.5) is 5.69 Å². The summed E-state index contributed by atoms with van der Waals surface area (Å²) in [5.74, 6) is -0.412. The van der Waals surface area contributed by atoms with Gasteiger partial charge < -0.3 is 5.32 Å². The zero-order chi connectivity index (χ0) is 14.9. The molecule has 0 bridgehead atoms. The molecule has 7 heteroatoms. The predicted molar refractivity (Wildman–Crippen MR) is 80.9 cm³/mol. The molecular formula is C13H10Cl3N3O. The number of carbonyl (C=O) groups excluding carboxylic acids is 1. The van der Waals surface area contributed by atoms with Gasteiger partial charge in [-0.15, -0.1) is 0 Å². The maximum Gasteiger partial charge on any atom is 0.274 e. The molecule has 1 heterocycles. The van der Waals surface area contributed by atoms with Gasteiger partial charge in [0.05, 0.1) is 0 Å². The molecule has 0 aliphatic carbocycles. The van der Waals surface area contributed by atoms with Gasteiger partial charge in [-0.1, -0.05) is 23.2 Å². The third-order valence-corrected chi connectivity index (χ3v) is 3.22. The van der Waals surface area contributed by atoms with Crippen molar-refractivity contribution in [2.24, 2.45) is 0 Å². The van der Waals surface area contributed by atoms with E-state index in [0.29, 0.717) is 10.7 Å². The second-order valence-corrected chi connectivity index (χ2v) is 5.38. The molecule has 1 amide bonds. The van der Waals surface area contributed by atoms with Crippen LogP contribution in [0.3, 0.4) is 0 Å². The summed E-state index contributed by atoms with van der Waals surface area (Å²) in [6.07, 6.45) is 0. The average molecular weight is 331 g/mol. The summed E-state index contributed by atoms with van der Waals surface area (Å²) in [7, 11) is 0. The fourth-order valence-corrected chi connectivity index (χ4v) is 2.53. The van der Waals surface area contributed by atoms with Gasteiger partial charge in [0.25, 0.3) is 5.91 Å². The molecule has 0 saturated carbocycles. The Labute approximate surface area is 131 Å². The molecule has 2 rings (SSSR count). The minimum atomic E-state index is -0.412. The third kappa shape index (κ3) is 3.39. The summed E-state index contributed by atoms with van der Waals surface area (Å²) in [4.78, 5) is 19.7. The van der Waals surface area contributed by atoms with Crippen LogP contribution in [-0.4, -0.2) is 15.9 Å². The Hall–Kier alpha value is -1.36. The van der Waals surface area contributed by atoms with Crippen LogP contribution in [0.25, 0.3) is 0 Å². The van der Waals surface area contributed by atoms with Crippen molar-refractivity contribution in [1.82, 2.24) is 9.97 Å². The maximum absolute atomic E-state index is 12.2. The fourth-order valence-electron chi connectivity index (χ4n) is 1.79. The van der Waals surface area contributed by atoms with Crippen molar-refractivity contribution in [3.05, 3.63) is 50.5 Å². The highest BCUT2D eigenvalue weighted by Gasteiger charge is 2.13. The Morgan fingerprint density at radius 2 is 1.65 bits per heavy atom. The van der Waals surface area contributed by atoms with Gasteiger partial charge >= 0.3 is 0 Å². The van der Waals surface area contributed by atoms with E-state index in [0.717, 1.165) is 11.1 Å². The van der Waals surface area contributed by atoms with Crippen LogP contribution < -0.4 is 5.32 Å². The molecule has 2 aromatic rings. The zero-order valence-electron chi connectivity index (χ0n) is 10.7. The maximum atomic E-state index is 12.2. The number of amides is 1. The van der Waals surface area contributed by atoms with E-state index in [-0.39, 0.29) is 16.1 Å². The zero-order valence-corrected chi connectivity index (χ0v) is 12.9. The van der Waals surface area contributed by atoms with Crippen LogP contribution in [0.15, 0.2) is 18.2 Å². The summed E-state index contributed by atoms with van der Waals surface area (Å²) in [6, 6.07) is 4.89. The molecule has 0 saturated heterocycles. The normalized spacial score (nSPS) is 10.4. The summed E-state index contributed by atoms with van der Waals surface area (Å²) in [5.41, 5.74) is 2.50. The Kier molecular flexibility index (Phi) is 4.48. The lowest BCUT2D eigenvalue weighted by molar-refractivity contribution is 0.102. The number of aryl methyl sites for hydroxylation is 2. The second-order valence-electron chi connectivity index (χ2n) is 4.21. The van der Waals surface area contributed by atoms with Crippen molar-refractivity contribution in [3.63, 3.8) is 0 Å².